The summed E-state index contributed by atoms with van der Waals surface area (Å²) in [6.07, 6.45) is 8.00. The van der Waals surface area contributed by atoms with E-state index in [9.17, 15) is 4.79 Å². The van der Waals surface area contributed by atoms with Gasteiger partial charge in [0.2, 0.25) is 5.91 Å². The van der Waals surface area contributed by atoms with Crippen LogP contribution in [0.1, 0.15) is 68.0 Å². The van der Waals surface area contributed by atoms with Crippen LogP contribution in [0.15, 0.2) is 42.6 Å². The van der Waals surface area contributed by atoms with Crippen LogP contribution >= 0.6 is 0 Å². The van der Waals surface area contributed by atoms with Crippen molar-refractivity contribution >= 4 is 33.9 Å². The summed E-state index contributed by atoms with van der Waals surface area (Å²) in [6.45, 7) is 8.71. The van der Waals surface area contributed by atoms with Crippen molar-refractivity contribution in [1.29, 1.82) is 0 Å². The molecular weight excluding hydrogens is 576 g/mol. The fourth-order valence-electron chi connectivity index (χ4n) is 7.58. The van der Waals surface area contributed by atoms with Gasteiger partial charge in [-0.25, -0.2) is 0 Å². The van der Waals surface area contributed by atoms with E-state index < -0.39 is 0 Å². The zero-order valence-electron chi connectivity index (χ0n) is 27.6. The molecule has 10 heteroatoms. The number of anilines is 3. The molecular formula is C36H46N8O2. The van der Waals surface area contributed by atoms with Gasteiger partial charge in [-0.3, -0.25) is 9.89 Å². The first kappa shape index (κ1) is 30.5. The number of rotatable bonds is 10. The van der Waals surface area contributed by atoms with Gasteiger partial charge in [0.15, 0.2) is 0 Å². The number of aryl methyl sites for hydroxylation is 1. The van der Waals surface area contributed by atoms with Gasteiger partial charge >= 0.3 is 6.01 Å². The van der Waals surface area contributed by atoms with Gasteiger partial charge in [0, 0.05) is 67.3 Å². The monoisotopic (exact) mass is 622 g/mol. The van der Waals surface area contributed by atoms with E-state index in [0.717, 1.165) is 74.8 Å². The van der Waals surface area contributed by atoms with E-state index in [-0.39, 0.29) is 17.2 Å². The van der Waals surface area contributed by atoms with Gasteiger partial charge in [0.25, 0.3) is 0 Å². The molecule has 3 aliphatic rings. The number of benzene rings is 2. The number of aromatic nitrogens is 4. The van der Waals surface area contributed by atoms with Crippen LogP contribution in [0.5, 0.6) is 6.01 Å². The number of fused-ring (bicyclic) bond motifs is 2. The molecule has 1 unspecified atom stereocenters. The average Bonchev–Trinajstić information content (AvgIpc) is 3.66. The number of hydrogen-bond donors (Lipinski definition) is 2. The van der Waals surface area contributed by atoms with E-state index in [4.69, 9.17) is 14.7 Å². The van der Waals surface area contributed by atoms with Crippen LogP contribution in [-0.4, -0.2) is 77.9 Å². The Hall–Kier alpha value is -4.18. The molecule has 0 spiro atoms. The molecule has 1 atom stereocenters. The molecule has 1 saturated carbocycles. The van der Waals surface area contributed by atoms with Gasteiger partial charge in [-0.05, 0) is 69.6 Å². The lowest BCUT2D eigenvalue weighted by Crippen LogP contribution is -2.38. The Kier molecular flexibility index (Phi) is 8.31. The van der Waals surface area contributed by atoms with Crippen molar-refractivity contribution in [1.82, 2.24) is 25.1 Å². The van der Waals surface area contributed by atoms with E-state index >= 15 is 0 Å². The van der Waals surface area contributed by atoms with Crippen LogP contribution in [0.4, 0.5) is 17.2 Å². The highest BCUT2D eigenvalue weighted by Gasteiger charge is 2.44. The third kappa shape index (κ3) is 6.15. The van der Waals surface area contributed by atoms with E-state index in [2.05, 4.69) is 87.6 Å². The Morgan fingerprint density at radius 2 is 1.96 bits per heavy atom. The number of carbonyl (C=O) groups is 1. The summed E-state index contributed by atoms with van der Waals surface area (Å²) in [5.41, 5.74) is 6.78. The molecule has 0 radical (unpaired) electrons. The van der Waals surface area contributed by atoms with E-state index in [0.29, 0.717) is 19.2 Å². The lowest BCUT2D eigenvalue weighted by Gasteiger charge is -2.37. The molecule has 2 aliphatic heterocycles. The average molecular weight is 623 g/mol. The number of carbonyl (C=O) groups excluding carboxylic acids is 1. The number of amides is 1. The van der Waals surface area contributed by atoms with Crippen molar-refractivity contribution in [3.63, 3.8) is 0 Å². The van der Waals surface area contributed by atoms with Gasteiger partial charge in [-0.1, -0.05) is 37.3 Å². The summed E-state index contributed by atoms with van der Waals surface area (Å²) < 4.78 is 6.48. The zero-order chi connectivity index (χ0) is 31.8. The highest BCUT2D eigenvalue weighted by atomic mass is 16.5. The third-order valence-electron chi connectivity index (χ3n) is 9.92. The molecule has 2 N–H and O–H groups in total. The lowest BCUT2D eigenvalue weighted by molar-refractivity contribution is -0.114. The molecule has 4 heterocycles. The normalized spacial score (nSPS) is 18.9. The summed E-state index contributed by atoms with van der Waals surface area (Å²) in [4.78, 5) is 29.3. The first-order valence-corrected chi connectivity index (χ1v) is 16.8. The van der Waals surface area contributed by atoms with Crippen LogP contribution in [-0.2, 0) is 24.2 Å². The Morgan fingerprint density at radius 1 is 1.13 bits per heavy atom. The number of nitrogens with one attached hydrogen (secondary N) is 2. The number of aromatic amines is 1. The van der Waals surface area contributed by atoms with Gasteiger partial charge in [-0.15, -0.1) is 0 Å². The molecule has 2 fully saturated rings. The molecule has 46 heavy (non-hydrogen) atoms. The zero-order valence-corrected chi connectivity index (χ0v) is 27.6. The summed E-state index contributed by atoms with van der Waals surface area (Å²) in [6, 6.07) is 13.8. The van der Waals surface area contributed by atoms with Gasteiger partial charge in [-0.2, -0.15) is 15.1 Å². The van der Waals surface area contributed by atoms with Gasteiger partial charge in [0.1, 0.15) is 5.82 Å². The highest BCUT2D eigenvalue weighted by Crippen LogP contribution is 2.46. The Morgan fingerprint density at radius 3 is 2.72 bits per heavy atom. The SMILES string of the molecule is CCc1cccc2cccc(N3CCc4c(nc(OCC5(CN(C)C)CC5)nc4N4CCCC(c5n[nH]cc5NC(C)=O)C4)C3)c12. The van der Waals surface area contributed by atoms with Gasteiger partial charge in [0.05, 0.1) is 30.2 Å². The van der Waals surface area contributed by atoms with Crippen LogP contribution in [0, 0.1) is 5.41 Å². The molecule has 7 rings (SSSR count). The molecule has 2 aromatic heterocycles. The molecule has 1 aliphatic carbocycles. The minimum Gasteiger partial charge on any atom is -0.463 e. The summed E-state index contributed by atoms with van der Waals surface area (Å²) in [5.74, 6) is 1.08. The number of H-pyrrole nitrogens is 1. The lowest BCUT2D eigenvalue weighted by atomic mass is 9.93. The predicted molar refractivity (Wildman–Crippen MR) is 183 cm³/mol. The van der Waals surface area contributed by atoms with Crippen LogP contribution in [0.25, 0.3) is 10.8 Å². The molecule has 4 aromatic rings. The molecule has 2 aromatic carbocycles. The molecule has 10 nitrogen and oxygen atoms in total. The number of nitrogens with zero attached hydrogens (tertiary/aromatic N) is 6. The van der Waals surface area contributed by atoms with Crippen LogP contribution in [0.2, 0.25) is 0 Å². The van der Waals surface area contributed by atoms with Crippen molar-refractivity contribution in [2.45, 2.75) is 64.8 Å². The quantitative estimate of drug-likeness (QED) is 0.238. The maximum absolute atomic E-state index is 11.9. The summed E-state index contributed by atoms with van der Waals surface area (Å²) in [7, 11) is 4.26. The maximum atomic E-state index is 11.9. The molecule has 242 valence electrons. The minimum atomic E-state index is -0.0912. The van der Waals surface area contributed by atoms with Crippen molar-refractivity contribution in [2.75, 3.05) is 62.0 Å². The smallest absolute Gasteiger partial charge is 0.318 e. The fourth-order valence-corrected chi connectivity index (χ4v) is 7.58. The highest BCUT2D eigenvalue weighted by molar-refractivity contribution is 5.97. The van der Waals surface area contributed by atoms with Crippen molar-refractivity contribution in [2.24, 2.45) is 5.41 Å². The third-order valence-corrected chi connectivity index (χ3v) is 9.92. The van der Waals surface area contributed by atoms with Crippen molar-refractivity contribution in [3.8, 4) is 6.01 Å². The Balaban J connectivity index is 1.22. The first-order chi connectivity index (χ1) is 22.3. The number of ether oxygens (including phenoxy) is 1. The largest absolute Gasteiger partial charge is 0.463 e. The van der Waals surface area contributed by atoms with E-state index in [1.807, 2.05) is 0 Å². The number of piperidine rings is 1. The predicted octanol–water partition coefficient (Wildman–Crippen LogP) is 5.54. The summed E-state index contributed by atoms with van der Waals surface area (Å²) in [5, 5.41) is 13.1. The van der Waals surface area contributed by atoms with Crippen molar-refractivity contribution < 1.29 is 9.53 Å². The van der Waals surface area contributed by atoms with E-state index in [1.54, 1.807) is 6.20 Å². The topological polar surface area (TPSA) is 103 Å². The fraction of sp³-hybridized carbons (Fsp3) is 0.500. The molecule has 0 bridgehead atoms. The minimum absolute atomic E-state index is 0.0912. The number of hydrogen-bond acceptors (Lipinski definition) is 8. The van der Waals surface area contributed by atoms with E-state index in [1.165, 1.54) is 47.4 Å². The molecule has 1 saturated heterocycles. The maximum Gasteiger partial charge on any atom is 0.318 e. The second-order valence-electron chi connectivity index (χ2n) is 13.7. The Bertz CT molecular complexity index is 1720. The van der Waals surface area contributed by atoms with Crippen molar-refractivity contribution in [3.05, 3.63) is 65.1 Å². The van der Waals surface area contributed by atoms with Gasteiger partial charge < -0.3 is 24.8 Å². The summed E-state index contributed by atoms with van der Waals surface area (Å²) >= 11 is 0. The van der Waals surface area contributed by atoms with Crippen LogP contribution in [0.3, 0.4) is 0 Å². The first-order valence-electron chi connectivity index (χ1n) is 16.8. The Labute approximate surface area is 271 Å². The second-order valence-corrected chi connectivity index (χ2v) is 13.7. The molecule has 1 amide bonds. The standard InChI is InChI=1S/C36H46N8O2/c1-5-25-9-6-10-26-11-7-13-31(32(25)26)43-18-14-28-30(21-43)39-35(46-23-36(15-16-36)22-42(3)4)40-34(28)44-17-8-12-27(20-44)33-29(19-37-41-33)38-24(2)45/h6-7,9-11,13,19,27H,5,8,12,14-18,20-23H2,1-4H3,(H,37,41)(H,38,45). The second kappa shape index (κ2) is 12.5. The van der Waals surface area contributed by atoms with Crippen LogP contribution < -0.4 is 19.9 Å².